The van der Waals surface area contributed by atoms with E-state index in [9.17, 15) is 0 Å². The van der Waals surface area contributed by atoms with Crippen molar-refractivity contribution in [2.24, 2.45) is 0 Å². The second kappa shape index (κ2) is 5.66. The van der Waals surface area contributed by atoms with Crippen LogP contribution >= 0.6 is 35.9 Å². The van der Waals surface area contributed by atoms with E-state index in [-0.39, 0.29) is 0 Å². The molecule has 0 aromatic rings. The molecule has 0 radical (unpaired) electrons. The zero-order valence-electron chi connectivity index (χ0n) is 5.81. The summed E-state index contributed by atoms with van der Waals surface area (Å²) >= 11 is 7.08. The van der Waals surface area contributed by atoms with Gasteiger partial charge in [0, 0.05) is 0 Å². The van der Waals surface area contributed by atoms with Gasteiger partial charge in [-0.05, 0) is 24.5 Å². The Morgan fingerprint density at radius 1 is 0.833 bits per heavy atom. The van der Waals surface area contributed by atoms with Gasteiger partial charge in [-0.1, -0.05) is 0 Å². The monoisotopic (exact) mass is 288 g/mol. The molecule has 0 aromatic carbocycles. The minimum Gasteiger partial charge on any atom is -0.304 e. The molecule has 4 nitrogen and oxygen atoms in total. The van der Waals surface area contributed by atoms with Crippen molar-refractivity contribution < 1.29 is 19.6 Å². The van der Waals surface area contributed by atoms with Gasteiger partial charge in [0.25, 0.3) is 0 Å². The van der Waals surface area contributed by atoms with Gasteiger partial charge in [0.2, 0.25) is 33.4 Å². The smallest absolute Gasteiger partial charge is 0.304 e. The molecule has 4 N–H and O–H groups in total. The Morgan fingerprint density at radius 2 is 1.08 bits per heavy atom. The van der Waals surface area contributed by atoms with Crippen molar-refractivity contribution in [3.63, 3.8) is 0 Å². The SMILES string of the molecule is OP(O)(S)=[S+]CC[S+]=P(O)(O)S. The van der Waals surface area contributed by atoms with E-state index in [1.807, 2.05) is 0 Å². The molecule has 12 heavy (non-hydrogen) atoms. The number of hydrogen-bond acceptors (Lipinski definition) is 0. The first-order chi connectivity index (χ1) is 5.21. The maximum atomic E-state index is 8.80. The third kappa shape index (κ3) is 11.8. The van der Waals surface area contributed by atoms with Crippen molar-refractivity contribution in [1.82, 2.24) is 0 Å². The van der Waals surface area contributed by atoms with Gasteiger partial charge in [-0.3, -0.25) is 0 Å². The largest absolute Gasteiger partial charge is 0.427 e. The minimum absolute atomic E-state index is 0.401. The average molecular weight is 288 g/mol. The lowest BCUT2D eigenvalue weighted by atomic mass is 11.0. The van der Waals surface area contributed by atoms with Gasteiger partial charge in [0.1, 0.15) is 0 Å². The molecule has 0 spiro atoms. The van der Waals surface area contributed by atoms with E-state index in [0.29, 0.717) is 11.5 Å². The molecule has 0 aromatic heterocycles. The first kappa shape index (κ1) is 13.8. The lowest BCUT2D eigenvalue weighted by molar-refractivity contribution is 0.501. The molecular formula is C2H10O4P2S4+2. The van der Waals surface area contributed by atoms with Crippen LogP contribution in [0.2, 0.25) is 0 Å². The lowest BCUT2D eigenvalue weighted by Crippen LogP contribution is -1.89. The van der Waals surface area contributed by atoms with Crippen molar-refractivity contribution in [2.45, 2.75) is 0 Å². The number of hydrogen-bond donors (Lipinski definition) is 6. The zero-order valence-corrected chi connectivity index (χ0v) is 11.0. The molecule has 0 bridgehead atoms. The van der Waals surface area contributed by atoms with Crippen LogP contribution in [-0.2, 0) is 21.9 Å². The second-order valence-electron chi connectivity index (χ2n) is 1.69. The van der Waals surface area contributed by atoms with Crippen LogP contribution < -0.4 is 0 Å². The van der Waals surface area contributed by atoms with Crippen LogP contribution in [0.15, 0.2) is 0 Å². The summed E-state index contributed by atoms with van der Waals surface area (Å²) in [4.78, 5) is 35.2. The topological polar surface area (TPSA) is 80.9 Å². The third-order valence-electron chi connectivity index (χ3n) is 0.612. The predicted molar refractivity (Wildman–Crippen MR) is 65.2 cm³/mol. The summed E-state index contributed by atoms with van der Waals surface area (Å²) in [6.07, 6.45) is 0. The fourth-order valence-electron chi connectivity index (χ4n) is 0.319. The molecule has 0 aliphatic carbocycles. The molecule has 0 aliphatic rings. The molecule has 0 aliphatic heterocycles. The highest BCUT2D eigenvalue weighted by molar-refractivity contribution is 8.63. The van der Waals surface area contributed by atoms with Crippen LogP contribution in [0, 0.1) is 0 Å². The summed E-state index contributed by atoms with van der Waals surface area (Å²) in [6.45, 7) is 0. The standard InChI is InChI=1S/C2H10O4P2S4/c3-7(4,9)11-1-2-12-8(5,6)10/h3-6,9-10H,1-2H2/q+2. The highest BCUT2D eigenvalue weighted by Gasteiger charge is 2.21. The van der Waals surface area contributed by atoms with Crippen LogP contribution in [0.3, 0.4) is 0 Å². The fraction of sp³-hybridized carbons (Fsp3) is 1.00. The number of rotatable bonds is 3. The van der Waals surface area contributed by atoms with Crippen molar-refractivity contribution in [1.29, 1.82) is 0 Å². The van der Waals surface area contributed by atoms with Crippen LogP contribution in [0.5, 0.6) is 0 Å². The van der Waals surface area contributed by atoms with Gasteiger partial charge in [-0.15, -0.1) is 0 Å². The molecule has 0 rings (SSSR count). The molecule has 74 valence electrons. The van der Waals surface area contributed by atoms with E-state index < -0.39 is 11.4 Å². The average Bonchev–Trinajstić information content (AvgIpc) is 1.76. The predicted octanol–water partition coefficient (Wildman–Crippen LogP) is 0.336. The first-order valence-corrected chi connectivity index (χ1v) is 11.5. The van der Waals surface area contributed by atoms with Gasteiger partial charge >= 0.3 is 11.4 Å². The summed E-state index contributed by atoms with van der Waals surface area (Å²) in [6, 6.07) is 0. The number of thiol groups is 2. The summed E-state index contributed by atoms with van der Waals surface area (Å²) in [5.41, 5.74) is -6.15. The van der Waals surface area contributed by atoms with E-state index >= 15 is 0 Å². The molecule has 0 saturated carbocycles. The van der Waals surface area contributed by atoms with Crippen LogP contribution in [0.1, 0.15) is 0 Å². The maximum Gasteiger partial charge on any atom is 0.427 e. The highest BCUT2D eigenvalue weighted by atomic mass is 32.9. The molecule has 0 atom stereocenters. The molecule has 0 saturated heterocycles. The minimum atomic E-state index is -3.08. The summed E-state index contributed by atoms with van der Waals surface area (Å²) in [5, 5.41) is 0. The van der Waals surface area contributed by atoms with Crippen molar-refractivity contribution in [3.05, 3.63) is 0 Å². The van der Waals surface area contributed by atoms with Crippen LogP contribution in [0.4, 0.5) is 0 Å². The van der Waals surface area contributed by atoms with Gasteiger partial charge in [0.15, 0.2) is 0 Å². The Kier molecular flexibility index (Phi) is 6.52. The van der Waals surface area contributed by atoms with E-state index in [2.05, 4.69) is 24.5 Å². The van der Waals surface area contributed by atoms with Crippen molar-refractivity contribution >= 4 is 57.8 Å². The Labute approximate surface area is 88.6 Å². The summed E-state index contributed by atoms with van der Waals surface area (Å²) < 4.78 is 0. The van der Waals surface area contributed by atoms with Gasteiger partial charge in [-0.2, -0.15) is 0 Å². The zero-order chi connectivity index (χ0) is 9.83. The van der Waals surface area contributed by atoms with E-state index in [0.717, 1.165) is 21.9 Å². The summed E-state index contributed by atoms with van der Waals surface area (Å²) in [5.74, 6) is 0.802. The third-order valence-corrected chi connectivity index (χ3v) is 7.59. The molecule has 10 heteroatoms. The molecule has 0 heterocycles. The molecule has 0 amide bonds. The Morgan fingerprint density at radius 3 is 1.25 bits per heavy atom. The quantitative estimate of drug-likeness (QED) is 0.196. The highest BCUT2D eigenvalue weighted by Crippen LogP contribution is 2.44. The van der Waals surface area contributed by atoms with E-state index in [4.69, 9.17) is 19.6 Å². The Bertz CT molecular complexity index is 197. The van der Waals surface area contributed by atoms with Gasteiger partial charge < -0.3 is 19.6 Å². The molecule has 0 unspecified atom stereocenters. The fourth-order valence-corrected chi connectivity index (χ4v) is 5.69. The van der Waals surface area contributed by atoms with Crippen molar-refractivity contribution in [2.75, 3.05) is 11.5 Å². The normalized spacial score (nSPS) is 12.8. The molecule has 0 fully saturated rings. The maximum absolute atomic E-state index is 8.80. The van der Waals surface area contributed by atoms with Gasteiger partial charge in [0.05, 0.1) is 0 Å². The Hall–Kier alpha value is 1.84. The van der Waals surface area contributed by atoms with E-state index in [1.54, 1.807) is 0 Å². The van der Waals surface area contributed by atoms with Gasteiger partial charge in [-0.25, -0.2) is 0 Å². The van der Waals surface area contributed by atoms with Crippen molar-refractivity contribution in [3.8, 4) is 0 Å². The lowest BCUT2D eigenvalue weighted by Gasteiger charge is -1.85. The first-order valence-electron chi connectivity index (χ1n) is 2.64. The van der Waals surface area contributed by atoms with Crippen LogP contribution in [-0.4, -0.2) is 31.1 Å². The van der Waals surface area contributed by atoms with E-state index in [1.165, 1.54) is 0 Å². The Balaban J connectivity index is 3.90. The second-order valence-corrected chi connectivity index (χ2v) is 14.7. The van der Waals surface area contributed by atoms with Crippen LogP contribution in [0.25, 0.3) is 0 Å². The summed E-state index contributed by atoms with van der Waals surface area (Å²) in [7, 11) is 1.80. The molecular weight excluding hydrogens is 278 g/mol.